The normalized spacial score (nSPS) is 10.9. The summed E-state index contributed by atoms with van der Waals surface area (Å²) in [6.07, 6.45) is 3.09. The molecular weight excluding hydrogens is 485 g/mol. The van der Waals surface area contributed by atoms with Gasteiger partial charge in [-0.2, -0.15) is 0 Å². The maximum atomic E-state index is 13.5. The second kappa shape index (κ2) is 12.7. The first-order valence-electron chi connectivity index (χ1n) is 11.1. The molecule has 2 amide bonds. The summed E-state index contributed by atoms with van der Waals surface area (Å²) in [6, 6.07) is 9.58. The van der Waals surface area contributed by atoms with Crippen LogP contribution in [0.1, 0.15) is 23.9 Å². The Kier molecular flexibility index (Phi) is 9.46. The summed E-state index contributed by atoms with van der Waals surface area (Å²) >= 11 is 1.21. The molecule has 36 heavy (non-hydrogen) atoms. The Balaban J connectivity index is 1.55. The van der Waals surface area contributed by atoms with Gasteiger partial charge in [-0.05, 0) is 55.3 Å². The van der Waals surface area contributed by atoms with Crippen molar-refractivity contribution in [3.63, 3.8) is 0 Å². The number of halogens is 1. The Morgan fingerprint density at radius 1 is 1.11 bits per heavy atom. The molecular formula is C25H28FN5O4S. The van der Waals surface area contributed by atoms with Crippen LogP contribution in [0.5, 0.6) is 11.5 Å². The number of thioether (sulfide) groups is 1. The lowest BCUT2D eigenvalue weighted by Crippen LogP contribution is -2.22. The van der Waals surface area contributed by atoms with Gasteiger partial charge < -0.3 is 24.7 Å². The Labute approximate surface area is 213 Å². The van der Waals surface area contributed by atoms with Crippen molar-refractivity contribution in [2.75, 3.05) is 25.3 Å². The van der Waals surface area contributed by atoms with E-state index in [1.165, 1.54) is 30.0 Å². The minimum Gasteiger partial charge on any atom is -0.493 e. The van der Waals surface area contributed by atoms with Crippen molar-refractivity contribution in [1.29, 1.82) is 0 Å². The number of nitrogens with one attached hydrogen (secondary N) is 2. The van der Waals surface area contributed by atoms with Crippen LogP contribution in [0.15, 0.2) is 47.6 Å². The van der Waals surface area contributed by atoms with E-state index in [1.807, 2.05) is 17.6 Å². The highest BCUT2D eigenvalue weighted by Gasteiger charge is 2.14. The first-order valence-corrected chi connectivity index (χ1v) is 12.1. The fraction of sp³-hybridized carbons (Fsp3) is 0.280. The SMILES string of the molecule is CCn1c(CNC(=O)C=Cc2ccc(OC)c(OC)c2)nnc1SCC(=O)Nc1cc(F)ccc1C. The molecule has 3 rings (SSSR count). The van der Waals surface area contributed by atoms with Gasteiger partial charge in [0.2, 0.25) is 11.8 Å². The molecule has 1 heterocycles. The molecule has 0 aliphatic heterocycles. The number of ether oxygens (including phenoxy) is 2. The zero-order chi connectivity index (χ0) is 26.1. The van der Waals surface area contributed by atoms with Crippen molar-refractivity contribution in [2.45, 2.75) is 32.1 Å². The largest absolute Gasteiger partial charge is 0.493 e. The number of carbonyl (C=O) groups excluding carboxylic acids is 2. The summed E-state index contributed by atoms with van der Waals surface area (Å²) in [5.74, 6) is 0.820. The van der Waals surface area contributed by atoms with Crippen molar-refractivity contribution in [3.8, 4) is 11.5 Å². The van der Waals surface area contributed by atoms with Crippen LogP contribution < -0.4 is 20.1 Å². The number of aromatic nitrogens is 3. The van der Waals surface area contributed by atoms with E-state index < -0.39 is 5.82 Å². The van der Waals surface area contributed by atoms with Crippen LogP contribution in [0.4, 0.5) is 10.1 Å². The third-order valence-electron chi connectivity index (χ3n) is 5.17. The van der Waals surface area contributed by atoms with E-state index in [4.69, 9.17) is 9.47 Å². The van der Waals surface area contributed by atoms with Gasteiger partial charge in [-0.15, -0.1) is 10.2 Å². The lowest BCUT2D eigenvalue weighted by Gasteiger charge is -2.09. The van der Waals surface area contributed by atoms with Gasteiger partial charge in [0.15, 0.2) is 22.5 Å². The fourth-order valence-corrected chi connectivity index (χ4v) is 4.09. The van der Waals surface area contributed by atoms with E-state index in [2.05, 4.69) is 20.8 Å². The molecule has 0 atom stereocenters. The molecule has 11 heteroatoms. The molecule has 3 aromatic rings. The van der Waals surface area contributed by atoms with Crippen molar-refractivity contribution in [1.82, 2.24) is 20.1 Å². The first-order chi connectivity index (χ1) is 17.3. The summed E-state index contributed by atoms with van der Waals surface area (Å²) in [7, 11) is 3.11. The van der Waals surface area contributed by atoms with Crippen LogP contribution in [-0.4, -0.2) is 46.6 Å². The molecule has 0 fully saturated rings. The first kappa shape index (κ1) is 26.7. The Hall–Kier alpha value is -3.86. The molecule has 0 aliphatic rings. The molecule has 0 saturated carbocycles. The van der Waals surface area contributed by atoms with Gasteiger partial charge in [0.25, 0.3) is 0 Å². The number of methoxy groups -OCH3 is 2. The Morgan fingerprint density at radius 3 is 2.61 bits per heavy atom. The fourth-order valence-electron chi connectivity index (χ4n) is 3.27. The molecule has 0 radical (unpaired) electrons. The molecule has 0 unspecified atom stereocenters. The lowest BCUT2D eigenvalue weighted by molar-refractivity contribution is -0.116. The number of hydrogen-bond donors (Lipinski definition) is 2. The monoisotopic (exact) mass is 513 g/mol. The number of aryl methyl sites for hydroxylation is 1. The molecule has 9 nitrogen and oxygen atoms in total. The van der Waals surface area contributed by atoms with Crippen LogP contribution in [0, 0.1) is 12.7 Å². The lowest BCUT2D eigenvalue weighted by atomic mass is 10.2. The molecule has 0 spiro atoms. The molecule has 1 aromatic heterocycles. The molecule has 0 aliphatic carbocycles. The van der Waals surface area contributed by atoms with Crippen LogP contribution in [-0.2, 0) is 22.7 Å². The van der Waals surface area contributed by atoms with Gasteiger partial charge in [-0.1, -0.05) is 23.9 Å². The van der Waals surface area contributed by atoms with Gasteiger partial charge in [0, 0.05) is 18.3 Å². The average Bonchev–Trinajstić information content (AvgIpc) is 3.28. The number of amides is 2. The predicted molar refractivity (Wildman–Crippen MR) is 137 cm³/mol. The highest BCUT2D eigenvalue weighted by atomic mass is 32.2. The van der Waals surface area contributed by atoms with Crippen LogP contribution >= 0.6 is 11.8 Å². The van der Waals surface area contributed by atoms with Crippen LogP contribution in [0.2, 0.25) is 0 Å². The molecule has 0 saturated heterocycles. The van der Waals surface area contributed by atoms with Gasteiger partial charge in [-0.3, -0.25) is 9.59 Å². The molecule has 190 valence electrons. The number of hydrogen-bond acceptors (Lipinski definition) is 7. The Morgan fingerprint density at radius 2 is 1.89 bits per heavy atom. The van der Waals surface area contributed by atoms with Gasteiger partial charge in [0.05, 0.1) is 26.5 Å². The summed E-state index contributed by atoms with van der Waals surface area (Å²) in [5, 5.41) is 14.3. The highest BCUT2D eigenvalue weighted by molar-refractivity contribution is 7.99. The summed E-state index contributed by atoms with van der Waals surface area (Å²) in [5.41, 5.74) is 1.98. The number of benzene rings is 2. The van der Waals surface area contributed by atoms with E-state index in [0.717, 1.165) is 11.1 Å². The predicted octanol–water partition coefficient (Wildman–Crippen LogP) is 3.82. The van der Waals surface area contributed by atoms with E-state index in [-0.39, 0.29) is 24.1 Å². The summed E-state index contributed by atoms with van der Waals surface area (Å²) < 4.78 is 25.8. The highest BCUT2D eigenvalue weighted by Crippen LogP contribution is 2.28. The van der Waals surface area contributed by atoms with Crippen molar-refractivity contribution >= 4 is 35.3 Å². The summed E-state index contributed by atoms with van der Waals surface area (Å²) in [4.78, 5) is 24.7. The number of anilines is 1. The maximum absolute atomic E-state index is 13.5. The second-order valence-corrected chi connectivity index (χ2v) is 8.55. The van der Waals surface area contributed by atoms with E-state index in [1.54, 1.807) is 45.4 Å². The Bertz CT molecular complexity index is 1260. The number of rotatable bonds is 11. The van der Waals surface area contributed by atoms with Gasteiger partial charge in [-0.25, -0.2) is 4.39 Å². The average molecular weight is 514 g/mol. The zero-order valence-electron chi connectivity index (χ0n) is 20.5. The third-order valence-corrected chi connectivity index (χ3v) is 6.14. The minimum atomic E-state index is -0.417. The van der Waals surface area contributed by atoms with Crippen LogP contribution in [0.3, 0.4) is 0 Å². The van der Waals surface area contributed by atoms with E-state index in [0.29, 0.717) is 34.7 Å². The zero-order valence-corrected chi connectivity index (χ0v) is 21.3. The molecule has 2 aromatic carbocycles. The molecule has 2 N–H and O–H groups in total. The molecule has 0 bridgehead atoms. The topological polar surface area (TPSA) is 107 Å². The van der Waals surface area contributed by atoms with E-state index >= 15 is 0 Å². The van der Waals surface area contributed by atoms with Crippen molar-refractivity contribution < 1.29 is 23.5 Å². The maximum Gasteiger partial charge on any atom is 0.244 e. The second-order valence-electron chi connectivity index (χ2n) is 7.60. The summed E-state index contributed by atoms with van der Waals surface area (Å²) in [6.45, 7) is 4.45. The van der Waals surface area contributed by atoms with Gasteiger partial charge >= 0.3 is 0 Å². The third kappa shape index (κ3) is 7.08. The minimum absolute atomic E-state index is 0.0779. The number of nitrogens with zero attached hydrogens (tertiary/aromatic N) is 3. The number of carbonyl (C=O) groups is 2. The van der Waals surface area contributed by atoms with Crippen molar-refractivity contribution in [3.05, 3.63) is 65.2 Å². The standard InChI is InChI=1S/C25H28FN5O4S/c1-5-31-22(14-27-23(32)11-8-17-7-10-20(34-3)21(12-17)35-4)29-30-25(31)36-15-24(33)28-19-13-18(26)9-6-16(19)2/h6-13H,5,14-15H2,1-4H3,(H,27,32)(H,28,33). The van der Waals surface area contributed by atoms with Crippen molar-refractivity contribution in [2.24, 2.45) is 0 Å². The van der Waals surface area contributed by atoms with Crippen LogP contribution in [0.25, 0.3) is 6.08 Å². The quantitative estimate of drug-likeness (QED) is 0.296. The van der Waals surface area contributed by atoms with Gasteiger partial charge in [0.1, 0.15) is 5.82 Å². The van der Waals surface area contributed by atoms with E-state index in [9.17, 15) is 14.0 Å². The smallest absolute Gasteiger partial charge is 0.244 e.